The standard InChI is InChI=1S/C17H31N3S/c1-13(2)18-10-17-9-15(14(3)21-17)11-20(5)16-7-6-8-19(4)12-16/h9,13,16,18H,6-8,10-12H2,1-5H3. The zero-order valence-electron chi connectivity index (χ0n) is 14.3. The molecule has 4 heteroatoms. The van der Waals surface area contributed by atoms with E-state index in [9.17, 15) is 0 Å². The fourth-order valence-electron chi connectivity index (χ4n) is 3.03. The Labute approximate surface area is 134 Å². The second-order valence-electron chi connectivity index (χ2n) is 6.80. The van der Waals surface area contributed by atoms with Crippen molar-refractivity contribution in [2.75, 3.05) is 27.2 Å². The lowest BCUT2D eigenvalue weighted by Gasteiger charge is -2.35. The quantitative estimate of drug-likeness (QED) is 0.871. The highest BCUT2D eigenvalue weighted by Crippen LogP contribution is 2.24. The van der Waals surface area contributed by atoms with Crippen LogP contribution < -0.4 is 5.32 Å². The van der Waals surface area contributed by atoms with Crippen LogP contribution >= 0.6 is 11.3 Å². The molecule has 1 aromatic heterocycles. The molecule has 1 N–H and O–H groups in total. The van der Waals surface area contributed by atoms with Gasteiger partial charge in [0.2, 0.25) is 0 Å². The number of thiophene rings is 1. The van der Waals surface area contributed by atoms with E-state index in [1.807, 2.05) is 11.3 Å². The van der Waals surface area contributed by atoms with E-state index in [-0.39, 0.29) is 0 Å². The molecule has 1 aromatic rings. The van der Waals surface area contributed by atoms with E-state index >= 15 is 0 Å². The lowest BCUT2D eigenvalue weighted by molar-refractivity contribution is 0.129. The Balaban J connectivity index is 1.92. The van der Waals surface area contributed by atoms with Gasteiger partial charge in [-0.3, -0.25) is 4.90 Å². The number of nitrogens with one attached hydrogen (secondary N) is 1. The van der Waals surface area contributed by atoms with Gasteiger partial charge in [0.05, 0.1) is 0 Å². The summed E-state index contributed by atoms with van der Waals surface area (Å²) in [5.74, 6) is 0. The van der Waals surface area contributed by atoms with Crippen molar-refractivity contribution in [2.24, 2.45) is 0 Å². The first kappa shape index (κ1) is 16.9. The SMILES string of the molecule is Cc1sc(CNC(C)C)cc1CN(C)C1CCCN(C)C1. The van der Waals surface area contributed by atoms with E-state index < -0.39 is 0 Å². The van der Waals surface area contributed by atoms with Crippen molar-refractivity contribution in [1.82, 2.24) is 15.1 Å². The van der Waals surface area contributed by atoms with Crippen molar-refractivity contribution in [3.63, 3.8) is 0 Å². The number of piperidine rings is 1. The summed E-state index contributed by atoms with van der Waals surface area (Å²) in [6.45, 7) is 11.2. The predicted molar refractivity (Wildman–Crippen MR) is 93.0 cm³/mol. The lowest BCUT2D eigenvalue weighted by atomic mass is 10.0. The highest BCUT2D eigenvalue weighted by molar-refractivity contribution is 7.12. The maximum Gasteiger partial charge on any atom is 0.0302 e. The van der Waals surface area contributed by atoms with Crippen LogP contribution in [0.25, 0.3) is 0 Å². The Morgan fingerprint density at radius 2 is 2.24 bits per heavy atom. The molecule has 1 atom stereocenters. The van der Waals surface area contributed by atoms with Crippen LogP contribution in [-0.4, -0.2) is 49.1 Å². The van der Waals surface area contributed by atoms with Crippen molar-refractivity contribution in [1.29, 1.82) is 0 Å². The van der Waals surface area contributed by atoms with E-state index in [4.69, 9.17) is 0 Å². The van der Waals surface area contributed by atoms with Crippen LogP contribution in [0.4, 0.5) is 0 Å². The molecule has 0 bridgehead atoms. The van der Waals surface area contributed by atoms with E-state index in [2.05, 4.69) is 56.0 Å². The third-order valence-corrected chi connectivity index (χ3v) is 5.49. The molecule has 0 radical (unpaired) electrons. The highest BCUT2D eigenvalue weighted by atomic mass is 32.1. The van der Waals surface area contributed by atoms with Crippen LogP contribution in [0.3, 0.4) is 0 Å². The lowest BCUT2D eigenvalue weighted by Crippen LogP contribution is -2.44. The average Bonchev–Trinajstić information content (AvgIpc) is 2.77. The van der Waals surface area contributed by atoms with Crippen LogP contribution in [-0.2, 0) is 13.1 Å². The molecule has 0 aliphatic carbocycles. The van der Waals surface area contributed by atoms with Gasteiger partial charge < -0.3 is 10.2 Å². The van der Waals surface area contributed by atoms with Crippen LogP contribution in [0.2, 0.25) is 0 Å². The molecule has 3 nitrogen and oxygen atoms in total. The van der Waals surface area contributed by atoms with Crippen LogP contribution in [0, 0.1) is 6.92 Å². The summed E-state index contributed by atoms with van der Waals surface area (Å²) in [7, 11) is 4.53. The van der Waals surface area contributed by atoms with Crippen molar-refractivity contribution in [3.8, 4) is 0 Å². The van der Waals surface area contributed by atoms with Gasteiger partial charge in [0.1, 0.15) is 0 Å². The van der Waals surface area contributed by atoms with Gasteiger partial charge in [0.25, 0.3) is 0 Å². The number of rotatable bonds is 6. The fourth-order valence-corrected chi connectivity index (χ4v) is 4.04. The summed E-state index contributed by atoms with van der Waals surface area (Å²) >= 11 is 1.95. The van der Waals surface area contributed by atoms with Gasteiger partial charge in [-0.05, 0) is 52.0 Å². The van der Waals surface area contributed by atoms with Gasteiger partial charge in [0, 0.05) is 41.5 Å². The number of likely N-dealkylation sites (N-methyl/N-ethyl adjacent to an activating group) is 2. The molecule has 2 heterocycles. The fraction of sp³-hybridized carbons (Fsp3) is 0.765. The summed E-state index contributed by atoms with van der Waals surface area (Å²) in [5.41, 5.74) is 1.51. The molecule has 120 valence electrons. The number of aryl methyl sites for hydroxylation is 1. The monoisotopic (exact) mass is 309 g/mol. The van der Waals surface area contributed by atoms with Crippen molar-refractivity contribution >= 4 is 11.3 Å². The van der Waals surface area contributed by atoms with E-state index in [1.54, 1.807) is 0 Å². The minimum absolute atomic E-state index is 0.552. The van der Waals surface area contributed by atoms with Gasteiger partial charge in [-0.1, -0.05) is 13.8 Å². The first-order valence-electron chi connectivity index (χ1n) is 8.16. The molecule has 0 spiro atoms. The summed E-state index contributed by atoms with van der Waals surface area (Å²) in [6.07, 6.45) is 2.67. The Bertz CT molecular complexity index is 441. The molecule has 2 rings (SSSR count). The molecule has 0 amide bonds. The third-order valence-electron chi connectivity index (χ3n) is 4.40. The molecule has 21 heavy (non-hydrogen) atoms. The molecule has 1 unspecified atom stereocenters. The summed E-state index contributed by atoms with van der Waals surface area (Å²) in [6, 6.07) is 3.66. The summed E-state index contributed by atoms with van der Waals surface area (Å²) < 4.78 is 0. The normalized spacial score (nSPS) is 20.6. The highest BCUT2D eigenvalue weighted by Gasteiger charge is 2.21. The second-order valence-corrected chi connectivity index (χ2v) is 8.14. The van der Waals surface area contributed by atoms with E-state index in [1.165, 1.54) is 41.2 Å². The molecule has 1 aliphatic rings. The Morgan fingerprint density at radius 3 is 2.90 bits per heavy atom. The smallest absolute Gasteiger partial charge is 0.0302 e. The topological polar surface area (TPSA) is 18.5 Å². The zero-order valence-corrected chi connectivity index (χ0v) is 15.1. The largest absolute Gasteiger partial charge is 0.310 e. The second kappa shape index (κ2) is 7.73. The van der Waals surface area contributed by atoms with Gasteiger partial charge in [-0.15, -0.1) is 11.3 Å². The Kier molecular flexibility index (Phi) is 6.23. The number of hydrogen-bond donors (Lipinski definition) is 1. The number of nitrogens with zero attached hydrogens (tertiary/aromatic N) is 2. The molecule has 0 saturated carbocycles. The minimum Gasteiger partial charge on any atom is -0.310 e. The van der Waals surface area contributed by atoms with Gasteiger partial charge >= 0.3 is 0 Å². The maximum atomic E-state index is 3.51. The molecular formula is C17H31N3S. The summed E-state index contributed by atoms with van der Waals surface area (Å²) in [5, 5.41) is 3.51. The van der Waals surface area contributed by atoms with E-state index in [0.29, 0.717) is 12.1 Å². The third kappa shape index (κ3) is 5.06. The predicted octanol–water partition coefficient (Wildman–Crippen LogP) is 3.08. The van der Waals surface area contributed by atoms with Gasteiger partial charge in [-0.2, -0.15) is 0 Å². The van der Waals surface area contributed by atoms with E-state index in [0.717, 1.165) is 13.1 Å². The average molecular weight is 310 g/mol. The van der Waals surface area contributed by atoms with Gasteiger partial charge in [-0.25, -0.2) is 0 Å². The van der Waals surface area contributed by atoms with Crippen molar-refractivity contribution in [2.45, 2.75) is 58.8 Å². The van der Waals surface area contributed by atoms with Gasteiger partial charge in [0.15, 0.2) is 0 Å². The number of hydrogen-bond acceptors (Lipinski definition) is 4. The molecular weight excluding hydrogens is 278 g/mol. The molecule has 1 fully saturated rings. The first-order chi connectivity index (χ1) is 9.95. The molecule has 1 saturated heterocycles. The number of likely N-dealkylation sites (tertiary alicyclic amines) is 1. The maximum absolute atomic E-state index is 3.51. The van der Waals surface area contributed by atoms with Crippen LogP contribution in [0.5, 0.6) is 0 Å². The molecule has 1 aliphatic heterocycles. The Hall–Kier alpha value is -0.420. The van der Waals surface area contributed by atoms with Crippen LogP contribution in [0.1, 0.15) is 42.0 Å². The summed E-state index contributed by atoms with van der Waals surface area (Å²) in [4.78, 5) is 7.95. The Morgan fingerprint density at radius 1 is 1.48 bits per heavy atom. The first-order valence-corrected chi connectivity index (χ1v) is 8.97. The zero-order chi connectivity index (χ0) is 15.4. The van der Waals surface area contributed by atoms with Crippen molar-refractivity contribution in [3.05, 3.63) is 21.4 Å². The van der Waals surface area contributed by atoms with Crippen molar-refractivity contribution < 1.29 is 0 Å². The minimum atomic E-state index is 0.552. The van der Waals surface area contributed by atoms with Crippen LogP contribution in [0.15, 0.2) is 6.07 Å². The molecule has 0 aromatic carbocycles.